The Labute approximate surface area is 319 Å². The number of aliphatic hydroxyl groups is 1. The third kappa shape index (κ3) is 11.8. The highest BCUT2D eigenvalue weighted by Crippen LogP contribution is 2.39. The minimum Gasteiger partial charge on any atom is -0.392 e. The summed E-state index contributed by atoms with van der Waals surface area (Å²) in [6, 6.07) is 35.3. The predicted molar refractivity (Wildman–Crippen MR) is 208 cm³/mol. The number of benzene rings is 4. The molecular weight excluding hydrogens is 681 g/mol. The molecule has 0 aromatic heterocycles. The van der Waals surface area contributed by atoms with E-state index in [-0.39, 0.29) is 37.0 Å². The molecule has 2 aliphatic rings. The van der Waals surface area contributed by atoms with Gasteiger partial charge in [-0.3, -0.25) is 24.6 Å². The zero-order valence-electron chi connectivity index (χ0n) is 31.1. The number of hydroxylamine groups is 1. The maximum Gasteiger partial charge on any atom is 0.243 e. The van der Waals surface area contributed by atoms with Crippen molar-refractivity contribution in [2.45, 2.75) is 83.1 Å². The van der Waals surface area contributed by atoms with Crippen LogP contribution in [-0.2, 0) is 38.8 Å². The van der Waals surface area contributed by atoms with Crippen molar-refractivity contribution in [3.05, 3.63) is 131 Å². The Morgan fingerprint density at radius 1 is 0.667 bits per heavy atom. The summed E-state index contributed by atoms with van der Waals surface area (Å²) in [6.45, 7) is 6.29. The number of aliphatic hydroxyl groups excluding tert-OH is 1. The van der Waals surface area contributed by atoms with Crippen LogP contribution >= 0.6 is 0 Å². The Morgan fingerprint density at radius 2 is 1.33 bits per heavy atom. The second kappa shape index (κ2) is 20.3. The molecule has 10 heteroatoms. The molecule has 4 aromatic carbocycles. The van der Waals surface area contributed by atoms with Crippen molar-refractivity contribution < 1.29 is 29.4 Å². The van der Waals surface area contributed by atoms with E-state index < -0.39 is 6.29 Å². The quantitative estimate of drug-likeness (QED) is 0.0539. The number of rotatable bonds is 17. The highest BCUT2D eigenvalue weighted by atomic mass is 16.7. The van der Waals surface area contributed by atoms with Crippen LogP contribution in [0.3, 0.4) is 0 Å². The molecule has 286 valence electrons. The van der Waals surface area contributed by atoms with E-state index in [0.29, 0.717) is 19.4 Å². The van der Waals surface area contributed by atoms with Gasteiger partial charge >= 0.3 is 0 Å². The van der Waals surface area contributed by atoms with Crippen molar-refractivity contribution in [2.24, 2.45) is 0 Å². The lowest BCUT2D eigenvalue weighted by atomic mass is 9.98. The fraction of sp³-hybridized carbons (Fsp3) is 0.409. The summed E-state index contributed by atoms with van der Waals surface area (Å²) in [6.07, 6.45) is 3.91. The number of carbonyl (C=O) groups excluding carboxylic acids is 2. The lowest BCUT2D eigenvalue weighted by molar-refractivity contribution is -0.253. The normalized spacial score (nSPS) is 19.3. The lowest BCUT2D eigenvalue weighted by Crippen LogP contribution is -2.49. The van der Waals surface area contributed by atoms with Crippen LogP contribution in [0.2, 0.25) is 0 Å². The minimum absolute atomic E-state index is 0.00581. The molecule has 3 atom stereocenters. The van der Waals surface area contributed by atoms with Crippen molar-refractivity contribution >= 4 is 11.8 Å². The second-order valence-corrected chi connectivity index (χ2v) is 14.5. The molecule has 0 saturated carbocycles. The molecule has 54 heavy (non-hydrogen) atoms. The summed E-state index contributed by atoms with van der Waals surface area (Å²) >= 11 is 0. The van der Waals surface area contributed by atoms with E-state index in [4.69, 9.17) is 14.7 Å². The average Bonchev–Trinajstić information content (AvgIpc) is 3.22. The van der Waals surface area contributed by atoms with Crippen LogP contribution in [0.25, 0.3) is 11.1 Å². The molecule has 2 aliphatic heterocycles. The molecule has 4 N–H and O–H groups in total. The summed E-state index contributed by atoms with van der Waals surface area (Å²) in [5, 5.41) is 21.3. The van der Waals surface area contributed by atoms with Crippen LogP contribution in [0.4, 0.5) is 0 Å². The van der Waals surface area contributed by atoms with E-state index in [9.17, 15) is 14.7 Å². The van der Waals surface area contributed by atoms with E-state index >= 15 is 0 Å². The second-order valence-electron chi connectivity index (χ2n) is 14.5. The number of ether oxygens (including phenoxy) is 2. The van der Waals surface area contributed by atoms with Gasteiger partial charge in [-0.05, 0) is 58.4 Å². The third-order valence-electron chi connectivity index (χ3n) is 10.4. The Bertz CT molecular complexity index is 1760. The first-order valence-corrected chi connectivity index (χ1v) is 19.3. The number of nitrogens with zero attached hydrogens (tertiary/aromatic N) is 2. The topological polar surface area (TPSA) is 124 Å². The number of hydrogen-bond acceptors (Lipinski definition) is 8. The zero-order chi connectivity index (χ0) is 37.5. The molecule has 4 aromatic rings. The zero-order valence-corrected chi connectivity index (χ0v) is 31.1. The standard InChI is InChI=1S/C44H54N4O6/c49-32-34-18-20-36(21-19-34)41-28-40(31-48-24-22-47(23-25-48)30-33-10-4-3-5-11-33)53-44(54-41)39-15-9-14-38(27-39)37-13-8-12-35(26-37)29-45-42(50)16-6-1-2-7-17-43(51)46-52/h3-5,8-15,18-21,26-27,40-41,44,49,52H,1-2,6-7,16-17,22-25,28-32H2,(H,45,50)(H,46,51). The van der Waals surface area contributed by atoms with Crippen molar-refractivity contribution in [2.75, 3.05) is 32.7 Å². The van der Waals surface area contributed by atoms with E-state index in [1.807, 2.05) is 30.3 Å². The summed E-state index contributed by atoms with van der Waals surface area (Å²) in [5.74, 6) is -0.372. The first kappa shape index (κ1) is 39.3. The molecule has 6 rings (SSSR count). The van der Waals surface area contributed by atoms with Gasteiger partial charge in [0.25, 0.3) is 0 Å². The van der Waals surface area contributed by atoms with Crippen LogP contribution < -0.4 is 10.8 Å². The molecular formula is C44H54N4O6. The van der Waals surface area contributed by atoms with Crippen LogP contribution in [0.1, 0.15) is 85.2 Å². The highest BCUT2D eigenvalue weighted by molar-refractivity contribution is 5.76. The SMILES string of the molecule is O=C(CCCCCCC(=O)NCc1cccc(-c2cccc(C3OC(CN4CCN(Cc5ccccc5)CC4)CC(c4ccc(CO)cc4)O3)c2)c1)NO. The average molecular weight is 735 g/mol. The number of nitrogens with one attached hydrogen (secondary N) is 2. The van der Waals surface area contributed by atoms with E-state index in [2.05, 4.69) is 87.9 Å². The maximum absolute atomic E-state index is 12.5. The van der Waals surface area contributed by atoms with Crippen LogP contribution in [0, 0.1) is 0 Å². The summed E-state index contributed by atoms with van der Waals surface area (Å²) in [7, 11) is 0. The van der Waals surface area contributed by atoms with Crippen molar-refractivity contribution in [3.8, 4) is 11.1 Å². The van der Waals surface area contributed by atoms with Gasteiger partial charge in [0.05, 0.1) is 18.8 Å². The van der Waals surface area contributed by atoms with Gasteiger partial charge in [-0.15, -0.1) is 0 Å². The number of carbonyl (C=O) groups is 2. The Morgan fingerprint density at radius 3 is 2.06 bits per heavy atom. The van der Waals surface area contributed by atoms with E-state index in [0.717, 1.165) is 98.3 Å². The molecule has 0 spiro atoms. The first-order valence-electron chi connectivity index (χ1n) is 19.3. The number of unbranched alkanes of at least 4 members (excludes halogenated alkanes) is 3. The van der Waals surface area contributed by atoms with Crippen molar-refractivity contribution in [1.82, 2.24) is 20.6 Å². The molecule has 0 aliphatic carbocycles. The number of piperazine rings is 1. The van der Waals surface area contributed by atoms with Gasteiger partial charge in [0, 0.05) is 70.6 Å². The Balaban J connectivity index is 1.07. The molecule has 2 amide bonds. The van der Waals surface area contributed by atoms with Crippen LogP contribution in [0.5, 0.6) is 0 Å². The van der Waals surface area contributed by atoms with Crippen LogP contribution in [-0.4, -0.2) is 70.8 Å². The summed E-state index contributed by atoms with van der Waals surface area (Å²) < 4.78 is 13.4. The van der Waals surface area contributed by atoms with E-state index in [1.165, 1.54) is 5.56 Å². The summed E-state index contributed by atoms with van der Waals surface area (Å²) in [4.78, 5) is 28.7. The predicted octanol–water partition coefficient (Wildman–Crippen LogP) is 6.67. The summed E-state index contributed by atoms with van der Waals surface area (Å²) in [5.41, 5.74) is 9.01. The fourth-order valence-corrected chi connectivity index (χ4v) is 7.29. The monoisotopic (exact) mass is 734 g/mol. The van der Waals surface area contributed by atoms with Gasteiger partial charge in [-0.1, -0.05) is 104 Å². The Kier molecular flexibility index (Phi) is 14.8. The lowest BCUT2D eigenvalue weighted by Gasteiger charge is -2.41. The van der Waals surface area contributed by atoms with Gasteiger partial charge in [-0.25, -0.2) is 5.48 Å². The van der Waals surface area contributed by atoms with Gasteiger partial charge in [0.2, 0.25) is 11.8 Å². The molecule has 0 radical (unpaired) electrons. The molecule has 3 unspecified atom stereocenters. The third-order valence-corrected chi connectivity index (χ3v) is 10.4. The first-order chi connectivity index (χ1) is 26.4. The molecule has 10 nitrogen and oxygen atoms in total. The maximum atomic E-state index is 12.5. The molecule has 2 heterocycles. The molecule has 0 bridgehead atoms. The van der Waals surface area contributed by atoms with Crippen LogP contribution in [0.15, 0.2) is 103 Å². The number of amides is 2. The van der Waals surface area contributed by atoms with Crippen molar-refractivity contribution in [1.29, 1.82) is 0 Å². The van der Waals surface area contributed by atoms with Gasteiger partial charge in [-0.2, -0.15) is 0 Å². The van der Waals surface area contributed by atoms with Gasteiger partial charge in [0.1, 0.15) is 0 Å². The van der Waals surface area contributed by atoms with Gasteiger partial charge in [0.15, 0.2) is 6.29 Å². The fourth-order valence-electron chi connectivity index (χ4n) is 7.29. The highest BCUT2D eigenvalue weighted by Gasteiger charge is 2.34. The van der Waals surface area contributed by atoms with Crippen molar-refractivity contribution in [3.63, 3.8) is 0 Å². The largest absolute Gasteiger partial charge is 0.392 e. The Hall–Kier alpha value is -4.42. The van der Waals surface area contributed by atoms with Gasteiger partial charge < -0.3 is 19.9 Å². The molecule has 2 saturated heterocycles. The minimum atomic E-state index is -0.542. The number of hydrogen-bond donors (Lipinski definition) is 4. The smallest absolute Gasteiger partial charge is 0.243 e. The van der Waals surface area contributed by atoms with E-state index in [1.54, 1.807) is 5.48 Å². The molecule has 2 fully saturated rings.